The summed E-state index contributed by atoms with van der Waals surface area (Å²) in [6.45, 7) is 1.92. The van der Waals surface area contributed by atoms with E-state index in [1.165, 1.54) is 6.92 Å². The zero-order valence-electron chi connectivity index (χ0n) is 15.3. The molecule has 0 bridgehead atoms. The zero-order chi connectivity index (χ0) is 19.4. The van der Waals surface area contributed by atoms with Gasteiger partial charge in [-0.25, -0.2) is 4.98 Å². The Morgan fingerprint density at radius 2 is 1.93 bits per heavy atom. The van der Waals surface area contributed by atoms with E-state index in [0.29, 0.717) is 23.1 Å². The van der Waals surface area contributed by atoms with Crippen molar-refractivity contribution < 1.29 is 14.3 Å². The Hall–Kier alpha value is -2.99. The van der Waals surface area contributed by atoms with Gasteiger partial charge < -0.3 is 20.1 Å². The topological polar surface area (TPSA) is 72.5 Å². The number of nitrogens with zero attached hydrogens (tertiary/aromatic N) is 1. The number of carbonyl (C=O) groups is 1. The predicted octanol–water partition coefficient (Wildman–Crippen LogP) is 4.48. The minimum Gasteiger partial charge on any atom is -0.497 e. The van der Waals surface area contributed by atoms with E-state index in [1.54, 1.807) is 26.4 Å². The molecule has 0 saturated carbocycles. The molecule has 0 aliphatic carbocycles. The van der Waals surface area contributed by atoms with Crippen molar-refractivity contribution in [1.29, 1.82) is 0 Å². The van der Waals surface area contributed by atoms with E-state index in [4.69, 9.17) is 21.1 Å². The molecule has 3 aromatic rings. The van der Waals surface area contributed by atoms with Crippen LogP contribution in [0.1, 0.15) is 12.5 Å². The number of benzene rings is 2. The monoisotopic (exact) mass is 385 g/mol. The molecule has 1 heterocycles. The summed E-state index contributed by atoms with van der Waals surface area (Å²) in [6.07, 6.45) is 0. The average Bonchev–Trinajstić information content (AvgIpc) is 2.65. The Kier molecular flexibility index (Phi) is 5.66. The fourth-order valence-electron chi connectivity index (χ4n) is 2.74. The predicted molar refractivity (Wildman–Crippen MR) is 108 cm³/mol. The summed E-state index contributed by atoms with van der Waals surface area (Å²) in [6, 6.07) is 13.0. The lowest BCUT2D eigenvalue weighted by atomic mass is 10.1. The standard InChI is InChI=1S/C20H20ClN3O3/c1-12(25)23-15-5-7-19(27-3)18(9-15)22-11-14-8-13-4-6-16(26-2)10-17(13)24-20(14)21/h4-10,22H,11H2,1-3H3,(H,23,25). The molecule has 7 heteroatoms. The van der Waals surface area contributed by atoms with E-state index >= 15 is 0 Å². The van der Waals surface area contributed by atoms with Gasteiger partial charge in [0.05, 0.1) is 25.4 Å². The molecule has 2 N–H and O–H groups in total. The van der Waals surface area contributed by atoms with Crippen molar-refractivity contribution in [2.45, 2.75) is 13.5 Å². The minimum absolute atomic E-state index is 0.136. The van der Waals surface area contributed by atoms with Crippen LogP contribution in [0.5, 0.6) is 11.5 Å². The number of pyridine rings is 1. The largest absolute Gasteiger partial charge is 0.497 e. The number of halogens is 1. The van der Waals surface area contributed by atoms with Crippen LogP contribution in [-0.2, 0) is 11.3 Å². The van der Waals surface area contributed by atoms with Crippen LogP contribution in [-0.4, -0.2) is 25.1 Å². The maximum atomic E-state index is 11.3. The highest BCUT2D eigenvalue weighted by Crippen LogP contribution is 2.30. The molecule has 0 saturated heterocycles. The molecular weight excluding hydrogens is 366 g/mol. The van der Waals surface area contributed by atoms with Gasteiger partial charge in [0.15, 0.2) is 0 Å². The van der Waals surface area contributed by atoms with Gasteiger partial charge in [0, 0.05) is 36.2 Å². The van der Waals surface area contributed by atoms with Crippen LogP contribution in [0, 0.1) is 0 Å². The molecule has 27 heavy (non-hydrogen) atoms. The summed E-state index contributed by atoms with van der Waals surface area (Å²) in [5.41, 5.74) is 3.05. The third-order valence-corrected chi connectivity index (χ3v) is 4.37. The lowest BCUT2D eigenvalue weighted by Gasteiger charge is -2.14. The molecule has 0 aliphatic heterocycles. The Morgan fingerprint density at radius 1 is 1.11 bits per heavy atom. The molecule has 2 aromatic carbocycles. The van der Waals surface area contributed by atoms with Crippen LogP contribution >= 0.6 is 11.6 Å². The van der Waals surface area contributed by atoms with Crippen LogP contribution in [0.4, 0.5) is 11.4 Å². The molecule has 0 fully saturated rings. The first kappa shape index (κ1) is 18.8. The van der Waals surface area contributed by atoms with Crippen LogP contribution in [0.25, 0.3) is 10.9 Å². The number of hydrogen-bond acceptors (Lipinski definition) is 5. The van der Waals surface area contributed by atoms with Crippen molar-refractivity contribution in [3.8, 4) is 11.5 Å². The van der Waals surface area contributed by atoms with Crippen LogP contribution in [0.15, 0.2) is 42.5 Å². The summed E-state index contributed by atoms with van der Waals surface area (Å²) in [5.74, 6) is 1.26. The highest BCUT2D eigenvalue weighted by Gasteiger charge is 2.09. The van der Waals surface area contributed by atoms with Gasteiger partial charge in [-0.3, -0.25) is 4.79 Å². The average molecular weight is 386 g/mol. The molecule has 6 nitrogen and oxygen atoms in total. The minimum atomic E-state index is -0.136. The fraction of sp³-hybridized carbons (Fsp3) is 0.200. The van der Waals surface area contributed by atoms with Crippen LogP contribution < -0.4 is 20.1 Å². The van der Waals surface area contributed by atoms with Crippen molar-refractivity contribution in [3.05, 3.63) is 53.2 Å². The molecule has 0 unspecified atom stereocenters. The van der Waals surface area contributed by atoms with Crippen LogP contribution in [0.3, 0.4) is 0 Å². The summed E-state index contributed by atoms with van der Waals surface area (Å²) in [5, 5.41) is 7.44. The number of hydrogen-bond donors (Lipinski definition) is 2. The number of fused-ring (bicyclic) bond motifs is 1. The molecule has 1 aromatic heterocycles. The van der Waals surface area contributed by atoms with Crippen molar-refractivity contribution >= 4 is 39.8 Å². The summed E-state index contributed by atoms with van der Waals surface area (Å²) in [7, 11) is 3.21. The van der Waals surface area contributed by atoms with Gasteiger partial charge in [-0.2, -0.15) is 0 Å². The number of anilines is 2. The SMILES string of the molecule is COc1ccc2cc(CNc3cc(NC(C)=O)ccc3OC)c(Cl)nc2c1. The fourth-order valence-corrected chi connectivity index (χ4v) is 2.95. The number of aromatic nitrogens is 1. The normalized spacial score (nSPS) is 10.5. The van der Waals surface area contributed by atoms with Gasteiger partial charge in [-0.05, 0) is 36.4 Å². The summed E-state index contributed by atoms with van der Waals surface area (Å²) >= 11 is 6.36. The number of nitrogens with one attached hydrogen (secondary N) is 2. The number of methoxy groups -OCH3 is 2. The van der Waals surface area contributed by atoms with Gasteiger partial charge in [-0.1, -0.05) is 11.6 Å². The van der Waals surface area contributed by atoms with Gasteiger partial charge in [0.25, 0.3) is 0 Å². The van der Waals surface area contributed by atoms with Crippen molar-refractivity contribution in [2.24, 2.45) is 0 Å². The highest BCUT2D eigenvalue weighted by molar-refractivity contribution is 6.30. The molecule has 0 spiro atoms. The van der Waals surface area contributed by atoms with Gasteiger partial charge in [-0.15, -0.1) is 0 Å². The van der Waals surface area contributed by atoms with Gasteiger partial charge >= 0.3 is 0 Å². The number of rotatable bonds is 6. The van der Waals surface area contributed by atoms with E-state index in [1.807, 2.05) is 30.3 Å². The Labute approximate surface area is 162 Å². The van der Waals surface area contributed by atoms with Crippen LogP contribution in [0.2, 0.25) is 5.15 Å². The first-order valence-corrected chi connectivity index (χ1v) is 8.70. The van der Waals surface area contributed by atoms with E-state index in [9.17, 15) is 4.79 Å². The maximum Gasteiger partial charge on any atom is 0.221 e. The summed E-state index contributed by atoms with van der Waals surface area (Å²) < 4.78 is 10.6. The smallest absolute Gasteiger partial charge is 0.221 e. The van der Waals surface area contributed by atoms with Crippen molar-refractivity contribution in [1.82, 2.24) is 4.98 Å². The van der Waals surface area contributed by atoms with E-state index in [-0.39, 0.29) is 5.91 Å². The number of ether oxygens (including phenoxy) is 2. The van der Waals surface area contributed by atoms with Crippen molar-refractivity contribution in [3.63, 3.8) is 0 Å². The summed E-state index contributed by atoms with van der Waals surface area (Å²) in [4.78, 5) is 15.7. The third-order valence-electron chi connectivity index (χ3n) is 4.04. The molecule has 1 amide bonds. The zero-order valence-corrected chi connectivity index (χ0v) is 16.1. The first-order valence-electron chi connectivity index (χ1n) is 8.33. The Bertz CT molecular complexity index is 992. The maximum absolute atomic E-state index is 11.3. The second-order valence-corrected chi connectivity index (χ2v) is 6.30. The van der Waals surface area contributed by atoms with E-state index in [0.717, 1.165) is 27.9 Å². The molecule has 0 aliphatic rings. The quantitative estimate of drug-likeness (QED) is 0.612. The highest BCUT2D eigenvalue weighted by atomic mass is 35.5. The first-order chi connectivity index (χ1) is 13.0. The van der Waals surface area contributed by atoms with Crippen molar-refractivity contribution in [2.75, 3.05) is 24.9 Å². The Balaban J connectivity index is 1.85. The van der Waals surface area contributed by atoms with Gasteiger partial charge in [0.2, 0.25) is 5.91 Å². The lowest BCUT2D eigenvalue weighted by molar-refractivity contribution is -0.114. The molecule has 3 rings (SSSR count). The van der Waals surface area contributed by atoms with Gasteiger partial charge in [0.1, 0.15) is 16.7 Å². The second-order valence-electron chi connectivity index (χ2n) is 5.95. The molecule has 0 radical (unpaired) electrons. The number of carbonyl (C=O) groups excluding carboxylic acids is 1. The Morgan fingerprint density at radius 3 is 2.63 bits per heavy atom. The third kappa shape index (κ3) is 4.41. The van der Waals surface area contributed by atoms with E-state index in [2.05, 4.69) is 15.6 Å². The second kappa shape index (κ2) is 8.14. The molecule has 0 atom stereocenters. The van der Waals surface area contributed by atoms with E-state index < -0.39 is 0 Å². The number of amides is 1. The molecular formula is C20H20ClN3O3. The lowest BCUT2D eigenvalue weighted by Crippen LogP contribution is -2.07. The molecule has 140 valence electrons.